The number of benzene rings is 3. The van der Waals surface area contributed by atoms with Crippen molar-refractivity contribution in [1.82, 2.24) is 9.55 Å². The maximum atomic E-state index is 12.5. The van der Waals surface area contributed by atoms with E-state index < -0.39 is 0 Å². The lowest BCUT2D eigenvalue weighted by atomic mass is 10.2. The van der Waals surface area contributed by atoms with Crippen molar-refractivity contribution in [3.05, 3.63) is 101 Å². The van der Waals surface area contributed by atoms with Gasteiger partial charge < -0.3 is 15.0 Å². The van der Waals surface area contributed by atoms with Gasteiger partial charge in [-0.05, 0) is 79.8 Å². The van der Waals surface area contributed by atoms with E-state index in [1.165, 1.54) is 5.56 Å². The summed E-state index contributed by atoms with van der Waals surface area (Å²) in [6.45, 7) is 2.03. The van der Waals surface area contributed by atoms with E-state index in [9.17, 15) is 4.79 Å². The quantitative estimate of drug-likeness (QED) is 0.410. The fourth-order valence-electron chi connectivity index (χ4n) is 2.85. The summed E-state index contributed by atoms with van der Waals surface area (Å²) in [6, 6.07) is 22.4. The SMILES string of the molecule is Cc1ccc(Oc2ccc(NC(=O)c3ccc(-n4cc[nH]c4=S)cc3)cc2)cc1. The van der Waals surface area contributed by atoms with Crippen molar-refractivity contribution < 1.29 is 9.53 Å². The van der Waals surface area contributed by atoms with Crippen LogP contribution in [-0.4, -0.2) is 15.5 Å². The molecule has 3 aromatic carbocycles. The number of H-pyrrole nitrogens is 1. The smallest absolute Gasteiger partial charge is 0.255 e. The zero-order valence-corrected chi connectivity index (χ0v) is 16.6. The Hall–Kier alpha value is -3.64. The number of aromatic amines is 1. The Balaban J connectivity index is 1.41. The number of anilines is 1. The van der Waals surface area contributed by atoms with Crippen molar-refractivity contribution in [3.8, 4) is 17.2 Å². The van der Waals surface area contributed by atoms with E-state index in [0.717, 1.165) is 11.4 Å². The van der Waals surface area contributed by atoms with Gasteiger partial charge in [0.2, 0.25) is 0 Å². The summed E-state index contributed by atoms with van der Waals surface area (Å²) in [5, 5.41) is 2.89. The number of imidazole rings is 1. The van der Waals surface area contributed by atoms with Crippen LogP contribution in [0.1, 0.15) is 15.9 Å². The predicted octanol–water partition coefficient (Wildman–Crippen LogP) is 5.89. The Morgan fingerprint density at radius 3 is 2.14 bits per heavy atom. The Kier molecular flexibility index (Phi) is 5.27. The molecule has 0 saturated heterocycles. The standard InChI is InChI=1S/C23H19N3O2S/c1-16-2-10-20(11-3-16)28-21-12-6-18(7-13-21)25-22(27)17-4-8-19(9-5-17)26-15-14-24-23(26)29/h2-15H,1H3,(H,24,29)(H,25,27). The second-order valence-electron chi connectivity index (χ2n) is 6.58. The summed E-state index contributed by atoms with van der Waals surface area (Å²) in [6.07, 6.45) is 3.62. The third-order valence-electron chi connectivity index (χ3n) is 4.43. The summed E-state index contributed by atoms with van der Waals surface area (Å²) in [5.74, 6) is 1.30. The van der Waals surface area contributed by atoms with Crippen molar-refractivity contribution in [2.75, 3.05) is 5.32 Å². The first-order valence-electron chi connectivity index (χ1n) is 9.11. The van der Waals surface area contributed by atoms with Gasteiger partial charge in [-0.2, -0.15) is 0 Å². The summed E-state index contributed by atoms with van der Waals surface area (Å²) >= 11 is 5.21. The summed E-state index contributed by atoms with van der Waals surface area (Å²) in [7, 11) is 0. The molecule has 0 saturated carbocycles. The summed E-state index contributed by atoms with van der Waals surface area (Å²) in [5.41, 5.74) is 3.34. The van der Waals surface area contributed by atoms with E-state index in [-0.39, 0.29) is 5.91 Å². The van der Waals surface area contributed by atoms with Crippen LogP contribution in [0.15, 0.2) is 85.2 Å². The van der Waals surface area contributed by atoms with Crippen LogP contribution < -0.4 is 10.1 Å². The number of aryl methyl sites for hydroxylation is 1. The Morgan fingerprint density at radius 1 is 0.931 bits per heavy atom. The average molecular weight is 401 g/mol. The molecule has 1 aromatic heterocycles. The lowest BCUT2D eigenvalue weighted by Crippen LogP contribution is -2.11. The zero-order valence-electron chi connectivity index (χ0n) is 15.8. The highest BCUT2D eigenvalue weighted by Gasteiger charge is 2.07. The van der Waals surface area contributed by atoms with Crippen molar-refractivity contribution in [2.45, 2.75) is 6.92 Å². The molecule has 0 aliphatic rings. The van der Waals surface area contributed by atoms with Crippen LogP contribution >= 0.6 is 12.2 Å². The summed E-state index contributed by atoms with van der Waals surface area (Å²) < 4.78 is 8.25. The van der Waals surface area contributed by atoms with Crippen LogP contribution in [0.4, 0.5) is 5.69 Å². The van der Waals surface area contributed by atoms with Gasteiger partial charge in [-0.15, -0.1) is 0 Å². The minimum Gasteiger partial charge on any atom is -0.457 e. The highest BCUT2D eigenvalue weighted by atomic mass is 32.1. The molecule has 6 heteroatoms. The minimum absolute atomic E-state index is 0.179. The molecule has 1 amide bonds. The maximum absolute atomic E-state index is 12.5. The Morgan fingerprint density at radius 2 is 1.55 bits per heavy atom. The lowest BCUT2D eigenvalue weighted by Gasteiger charge is -2.09. The van der Waals surface area contributed by atoms with Crippen molar-refractivity contribution in [1.29, 1.82) is 0 Å². The van der Waals surface area contributed by atoms with Crippen molar-refractivity contribution in [3.63, 3.8) is 0 Å². The first-order chi connectivity index (χ1) is 14.1. The van der Waals surface area contributed by atoms with Crippen LogP contribution in [-0.2, 0) is 0 Å². The van der Waals surface area contributed by atoms with E-state index in [1.54, 1.807) is 18.3 Å². The number of hydrogen-bond acceptors (Lipinski definition) is 3. The second-order valence-corrected chi connectivity index (χ2v) is 6.96. The molecule has 144 valence electrons. The number of hydrogen-bond donors (Lipinski definition) is 2. The molecule has 4 aromatic rings. The molecule has 0 fully saturated rings. The van der Waals surface area contributed by atoms with E-state index in [1.807, 2.05) is 78.4 Å². The first kappa shape index (κ1) is 18.7. The maximum Gasteiger partial charge on any atom is 0.255 e. The van der Waals surface area contributed by atoms with Gasteiger partial charge in [0.15, 0.2) is 4.77 Å². The number of carbonyl (C=O) groups excluding carboxylic acids is 1. The third kappa shape index (κ3) is 4.44. The summed E-state index contributed by atoms with van der Waals surface area (Å²) in [4.78, 5) is 15.5. The second kappa shape index (κ2) is 8.16. The molecule has 0 radical (unpaired) electrons. The fraction of sp³-hybridized carbons (Fsp3) is 0.0435. The Bertz CT molecular complexity index is 1170. The van der Waals surface area contributed by atoms with E-state index >= 15 is 0 Å². The molecule has 0 atom stereocenters. The minimum atomic E-state index is -0.179. The molecule has 2 N–H and O–H groups in total. The fourth-order valence-corrected chi connectivity index (χ4v) is 3.08. The molecule has 0 spiro atoms. The number of aromatic nitrogens is 2. The molecule has 4 rings (SSSR count). The molecular formula is C23H19N3O2S. The number of rotatable bonds is 5. The van der Waals surface area contributed by atoms with Crippen molar-refractivity contribution in [2.24, 2.45) is 0 Å². The zero-order chi connectivity index (χ0) is 20.2. The largest absolute Gasteiger partial charge is 0.457 e. The number of ether oxygens (including phenoxy) is 1. The van der Waals surface area contributed by atoms with Gasteiger partial charge in [-0.25, -0.2) is 0 Å². The number of amides is 1. The van der Waals surface area contributed by atoms with Gasteiger partial charge in [-0.3, -0.25) is 9.36 Å². The van der Waals surface area contributed by atoms with Crippen LogP contribution in [0.3, 0.4) is 0 Å². The van der Waals surface area contributed by atoms with Gasteiger partial charge in [0.25, 0.3) is 5.91 Å². The molecule has 1 heterocycles. The predicted molar refractivity (Wildman–Crippen MR) is 117 cm³/mol. The third-order valence-corrected chi connectivity index (χ3v) is 4.74. The normalized spacial score (nSPS) is 10.5. The van der Waals surface area contributed by atoms with Crippen LogP contribution in [0.2, 0.25) is 0 Å². The lowest BCUT2D eigenvalue weighted by molar-refractivity contribution is 0.102. The van der Waals surface area contributed by atoms with E-state index in [2.05, 4.69) is 10.3 Å². The molecule has 0 aliphatic carbocycles. The molecule has 29 heavy (non-hydrogen) atoms. The molecule has 0 unspecified atom stereocenters. The molecule has 5 nitrogen and oxygen atoms in total. The van der Waals surface area contributed by atoms with Gasteiger partial charge in [0, 0.05) is 29.3 Å². The van der Waals surface area contributed by atoms with Gasteiger partial charge in [0.1, 0.15) is 11.5 Å². The average Bonchev–Trinajstić information content (AvgIpc) is 3.17. The number of nitrogens with zero attached hydrogens (tertiary/aromatic N) is 1. The first-order valence-corrected chi connectivity index (χ1v) is 9.52. The van der Waals surface area contributed by atoms with Crippen LogP contribution in [0.5, 0.6) is 11.5 Å². The van der Waals surface area contributed by atoms with E-state index in [4.69, 9.17) is 17.0 Å². The van der Waals surface area contributed by atoms with Gasteiger partial charge in [0.05, 0.1) is 0 Å². The van der Waals surface area contributed by atoms with Crippen LogP contribution in [0.25, 0.3) is 5.69 Å². The van der Waals surface area contributed by atoms with Crippen LogP contribution in [0, 0.1) is 11.7 Å². The number of carbonyl (C=O) groups is 1. The number of nitrogens with one attached hydrogen (secondary N) is 2. The monoisotopic (exact) mass is 401 g/mol. The van der Waals surface area contributed by atoms with Crippen molar-refractivity contribution >= 4 is 23.8 Å². The highest BCUT2D eigenvalue weighted by molar-refractivity contribution is 7.71. The highest BCUT2D eigenvalue weighted by Crippen LogP contribution is 2.23. The molecule has 0 bridgehead atoms. The Labute approximate surface area is 173 Å². The molecular weight excluding hydrogens is 382 g/mol. The van der Waals surface area contributed by atoms with E-state index in [0.29, 0.717) is 21.8 Å². The van der Waals surface area contributed by atoms with Gasteiger partial charge in [-0.1, -0.05) is 17.7 Å². The van der Waals surface area contributed by atoms with Gasteiger partial charge >= 0.3 is 0 Å². The topological polar surface area (TPSA) is 59.0 Å². The molecule has 0 aliphatic heterocycles.